The van der Waals surface area contributed by atoms with Gasteiger partial charge in [-0.05, 0) is 11.4 Å². The molecule has 2 nitrogen and oxygen atoms in total. The molecule has 0 unspecified atom stereocenters. The highest BCUT2D eigenvalue weighted by molar-refractivity contribution is 7.17. The van der Waals surface area contributed by atoms with Crippen LogP contribution in [0.1, 0.15) is 0 Å². The maximum atomic E-state index is 9.36. The SMILES string of the molecule is Cn1cc2ccsc2c1O. The molecule has 0 aromatic carbocycles. The second-order valence-electron chi connectivity index (χ2n) is 2.27. The molecule has 0 aliphatic carbocycles. The summed E-state index contributed by atoms with van der Waals surface area (Å²) in [6, 6.07) is 2.00. The van der Waals surface area contributed by atoms with Gasteiger partial charge in [-0.3, -0.25) is 0 Å². The Kier molecular flexibility index (Phi) is 1.02. The Balaban J connectivity index is 2.95. The minimum absolute atomic E-state index is 0.366. The number of hydrogen-bond acceptors (Lipinski definition) is 2. The van der Waals surface area contributed by atoms with Gasteiger partial charge < -0.3 is 9.67 Å². The summed E-state index contributed by atoms with van der Waals surface area (Å²) in [4.78, 5) is 0. The number of aryl methyl sites for hydroxylation is 1. The van der Waals surface area contributed by atoms with Gasteiger partial charge in [0, 0.05) is 18.6 Å². The van der Waals surface area contributed by atoms with Gasteiger partial charge in [-0.2, -0.15) is 0 Å². The van der Waals surface area contributed by atoms with E-state index in [1.165, 1.54) is 0 Å². The van der Waals surface area contributed by atoms with Gasteiger partial charge in [0.15, 0.2) is 0 Å². The lowest BCUT2D eigenvalue weighted by molar-refractivity contribution is 0.438. The normalized spacial score (nSPS) is 10.9. The topological polar surface area (TPSA) is 25.2 Å². The van der Waals surface area contributed by atoms with Crippen molar-refractivity contribution in [2.75, 3.05) is 0 Å². The summed E-state index contributed by atoms with van der Waals surface area (Å²) in [6.45, 7) is 0. The third-order valence-corrected chi connectivity index (χ3v) is 2.49. The number of hydrogen-bond donors (Lipinski definition) is 1. The van der Waals surface area contributed by atoms with Crippen LogP contribution in [0.4, 0.5) is 0 Å². The molecule has 0 atom stereocenters. The molecule has 0 bridgehead atoms. The molecule has 2 heterocycles. The standard InChI is InChI=1S/C7H7NOS/c1-8-4-5-2-3-10-6(5)7(8)9/h2-4,9H,1H3. The highest BCUT2D eigenvalue weighted by Crippen LogP contribution is 2.30. The third-order valence-electron chi connectivity index (χ3n) is 1.57. The van der Waals surface area contributed by atoms with E-state index >= 15 is 0 Å². The molecule has 0 amide bonds. The Labute approximate surface area is 62.3 Å². The molecule has 0 spiro atoms. The number of nitrogens with zero attached hydrogens (tertiary/aromatic N) is 1. The van der Waals surface area contributed by atoms with Crippen molar-refractivity contribution in [3.63, 3.8) is 0 Å². The number of thiophene rings is 1. The molecule has 2 aromatic heterocycles. The van der Waals surface area contributed by atoms with E-state index in [1.807, 2.05) is 24.7 Å². The smallest absolute Gasteiger partial charge is 0.209 e. The molecule has 0 aliphatic heterocycles. The molecule has 0 saturated heterocycles. The van der Waals surface area contributed by atoms with Crippen LogP contribution < -0.4 is 0 Å². The second kappa shape index (κ2) is 1.76. The van der Waals surface area contributed by atoms with Crippen molar-refractivity contribution in [1.29, 1.82) is 0 Å². The van der Waals surface area contributed by atoms with E-state index in [0.717, 1.165) is 10.1 Å². The van der Waals surface area contributed by atoms with Crippen molar-refractivity contribution in [3.05, 3.63) is 17.6 Å². The van der Waals surface area contributed by atoms with Crippen molar-refractivity contribution < 1.29 is 5.11 Å². The van der Waals surface area contributed by atoms with Gasteiger partial charge >= 0.3 is 0 Å². The molecule has 0 saturated carbocycles. The monoisotopic (exact) mass is 153 g/mol. The van der Waals surface area contributed by atoms with Crippen LogP contribution in [0, 0.1) is 0 Å². The van der Waals surface area contributed by atoms with Gasteiger partial charge in [0.25, 0.3) is 0 Å². The zero-order chi connectivity index (χ0) is 7.14. The van der Waals surface area contributed by atoms with Gasteiger partial charge in [0.2, 0.25) is 5.88 Å². The summed E-state index contributed by atoms with van der Waals surface area (Å²) in [7, 11) is 1.84. The van der Waals surface area contributed by atoms with Crippen LogP contribution in [0.3, 0.4) is 0 Å². The van der Waals surface area contributed by atoms with Gasteiger partial charge in [-0.25, -0.2) is 0 Å². The number of aromatic nitrogens is 1. The Hall–Kier alpha value is -0.960. The van der Waals surface area contributed by atoms with Crippen molar-refractivity contribution in [3.8, 4) is 5.88 Å². The molecular weight excluding hydrogens is 146 g/mol. The number of aromatic hydroxyl groups is 1. The van der Waals surface area contributed by atoms with E-state index in [4.69, 9.17) is 0 Å². The maximum Gasteiger partial charge on any atom is 0.209 e. The van der Waals surface area contributed by atoms with Gasteiger partial charge in [0.05, 0.1) is 4.70 Å². The molecule has 0 fully saturated rings. The zero-order valence-corrected chi connectivity index (χ0v) is 6.35. The van der Waals surface area contributed by atoms with Crippen molar-refractivity contribution >= 4 is 21.4 Å². The van der Waals surface area contributed by atoms with E-state index in [1.54, 1.807) is 15.9 Å². The molecule has 10 heavy (non-hydrogen) atoms. The van der Waals surface area contributed by atoms with Crippen molar-refractivity contribution in [2.24, 2.45) is 7.05 Å². The van der Waals surface area contributed by atoms with E-state index in [9.17, 15) is 5.11 Å². The minimum atomic E-state index is 0.366. The van der Waals surface area contributed by atoms with E-state index in [-0.39, 0.29) is 0 Å². The van der Waals surface area contributed by atoms with Crippen LogP contribution in [0.15, 0.2) is 17.6 Å². The van der Waals surface area contributed by atoms with Gasteiger partial charge in [-0.1, -0.05) is 0 Å². The average molecular weight is 153 g/mol. The molecule has 1 N–H and O–H groups in total. The highest BCUT2D eigenvalue weighted by atomic mass is 32.1. The fourth-order valence-electron chi connectivity index (χ4n) is 1.03. The largest absolute Gasteiger partial charge is 0.493 e. The summed E-state index contributed by atoms with van der Waals surface area (Å²) < 4.78 is 2.70. The van der Waals surface area contributed by atoms with E-state index in [0.29, 0.717) is 5.88 Å². The molecule has 0 aliphatic rings. The molecule has 0 radical (unpaired) electrons. The number of fused-ring (bicyclic) bond motifs is 1. The lowest BCUT2D eigenvalue weighted by Crippen LogP contribution is -1.80. The maximum absolute atomic E-state index is 9.36. The molecule has 2 aromatic rings. The first kappa shape index (κ1) is 5.80. The Morgan fingerprint density at radius 1 is 1.60 bits per heavy atom. The van der Waals surface area contributed by atoms with Crippen molar-refractivity contribution in [1.82, 2.24) is 4.57 Å². The summed E-state index contributed by atoms with van der Waals surface area (Å²) >= 11 is 1.56. The summed E-state index contributed by atoms with van der Waals surface area (Å²) in [5.74, 6) is 0.366. The molecule has 2 rings (SSSR count). The average Bonchev–Trinajstić information content (AvgIpc) is 2.41. The van der Waals surface area contributed by atoms with Gasteiger partial charge in [-0.15, -0.1) is 11.3 Å². The Bertz CT molecular complexity index is 360. The lowest BCUT2D eigenvalue weighted by Gasteiger charge is -1.90. The minimum Gasteiger partial charge on any atom is -0.493 e. The van der Waals surface area contributed by atoms with Crippen LogP contribution in [0.25, 0.3) is 10.1 Å². The summed E-state index contributed by atoms with van der Waals surface area (Å²) in [5, 5.41) is 12.5. The summed E-state index contributed by atoms with van der Waals surface area (Å²) in [6.07, 6.45) is 1.92. The lowest BCUT2D eigenvalue weighted by atomic mass is 10.4. The summed E-state index contributed by atoms with van der Waals surface area (Å²) in [5.41, 5.74) is 0. The second-order valence-corrected chi connectivity index (χ2v) is 3.18. The Morgan fingerprint density at radius 3 is 3.10 bits per heavy atom. The van der Waals surface area contributed by atoms with E-state index < -0.39 is 0 Å². The van der Waals surface area contributed by atoms with Crippen LogP contribution in [0.5, 0.6) is 5.88 Å². The van der Waals surface area contributed by atoms with Gasteiger partial charge in [0.1, 0.15) is 0 Å². The van der Waals surface area contributed by atoms with Crippen LogP contribution in [0.2, 0.25) is 0 Å². The predicted molar refractivity (Wildman–Crippen MR) is 42.5 cm³/mol. The highest BCUT2D eigenvalue weighted by Gasteiger charge is 2.04. The quantitative estimate of drug-likeness (QED) is 0.614. The fourth-order valence-corrected chi connectivity index (χ4v) is 1.89. The number of rotatable bonds is 0. The molecule has 52 valence electrons. The van der Waals surface area contributed by atoms with Crippen LogP contribution in [-0.2, 0) is 7.05 Å². The zero-order valence-electron chi connectivity index (χ0n) is 5.53. The van der Waals surface area contributed by atoms with Crippen molar-refractivity contribution in [2.45, 2.75) is 0 Å². The van der Waals surface area contributed by atoms with E-state index in [2.05, 4.69) is 0 Å². The first-order valence-corrected chi connectivity index (χ1v) is 3.88. The first-order valence-electron chi connectivity index (χ1n) is 3.00. The fraction of sp³-hybridized carbons (Fsp3) is 0.143. The third kappa shape index (κ3) is 0.580. The van der Waals surface area contributed by atoms with Crippen LogP contribution >= 0.6 is 11.3 Å². The van der Waals surface area contributed by atoms with Crippen LogP contribution in [-0.4, -0.2) is 9.67 Å². The molecular formula is C7H7NOS. The first-order chi connectivity index (χ1) is 4.79. The molecule has 3 heteroatoms. The Morgan fingerprint density at radius 2 is 2.40 bits per heavy atom. The predicted octanol–water partition coefficient (Wildman–Crippen LogP) is 1.95.